The molecule has 0 aliphatic rings. The van der Waals surface area contributed by atoms with E-state index in [4.69, 9.17) is 0 Å². The summed E-state index contributed by atoms with van der Waals surface area (Å²) in [4.78, 5) is 3.00. The number of rotatable bonds is 3. The number of H-pyrrole nitrogens is 1. The summed E-state index contributed by atoms with van der Waals surface area (Å²) in [5.74, 6) is 0. The summed E-state index contributed by atoms with van der Waals surface area (Å²) in [5.41, 5.74) is 0. The summed E-state index contributed by atoms with van der Waals surface area (Å²) in [7, 11) is 0. The molecule has 0 atom stereocenters. The number of aromatic amines is 1. The lowest BCUT2D eigenvalue weighted by atomic mass is 10.3. The molecule has 0 aliphatic carbocycles. The molecule has 0 saturated carbocycles. The highest BCUT2D eigenvalue weighted by atomic mass is 15.0. The maximum absolute atomic E-state index is 3.00. The first-order chi connectivity index (χ1) is 4.43. The van der Waals surface area contributed by atoms with E-state index < -0.39 is 0 Å². The molecule has 58 valence electrons. The molecule has 0 fully saturated rings. The SMILES string of the molecule is C.CCCC[n+]1cc[nH]c1. The van der Waals surface area contributed by atoms with Crippen LogP contribution in [0, 0.1) is 0 Å². The molecule has 2 heteroatoms. The molecule has 0 amide bonds. The lowest BCUT2D eigenvalue weighted by Gasteiger charge is -1.89. The quantitative estimate of drug-likeness (QED) is 0.619. The van der Waals surface area contributed by atoms with Crippen molar-refractivity contribution in [2.45, 2.75) is 33.7 Å². The van der Waals surface area contributed by atoms with E-state index in [2.05, 4.69) is 22.7 Å². The molecular weight excluding hydrogens is 124 g/mol. The number of unbranched alkanes of at least 4 members (excludes halogenated alkanes) is 1. The average molecular weight is 141 g/mol. The van der Waals surface area contributed by atoms with Gasteiger partial charge < -0.3 is 0 Å². The maximum atomic E-state index is 3.00. The second-order valence-corrected chi connectivity index (χ2v) is 2.20. The van der Waals surface area contributed by atoms with Gasteiger partial charge in [0.1, 0.15) is 12.4 Å². The number of hydrogen-bond donors (Lipinski definition) is 1. The van der Waals surface area contributed by atoms with Gasteiger partial charge in [0, 0.05) is 0 Å². The molecule has 0 aromatic carbocycles. The predicted octanol–water partition coefficient (Wildman–Crippen LogP) is 1.74. The number of aryl methyl sites for hydroxylation is 1. The molecule has 1 aromatic rings. The van der Waals surface area contributed by atoms with Gasteiger partial charge in [-0.25, -0.2) is 4.57 Å². The van der Waals surface area contributed by atoms with Crippen LogP contribution in [0.25, 0.3) is 0 Å². The van der Waals surface area contributed by atoms with Crippen LogP contribution in [0.3, 0.4) is 0 Å². The fourth-order valence-corrected chi connectivity index (χ4v) is 0.800. The Morgan fingerprint density at radius 1 is 1.50 bits per heavy atom. The lowest BCUT2D eigenvalue weighted by molar-refractivity contribution is -0.696. The van der Waals surface area contributed by atoms with Gasteiger partial charge in [-0.05, 0) is 6.42 Å². The third-order valence-corrected chi connectivity index (χ3v) is 1.37. The van der Waals surface area contributed by atoms with Crippen molar-refractivity contribution < 1.29 is 4.57 Å². The van der Waals surface area contributed by atoms with Crippen LogP contribution in [0.15, 0.2) is 18.7 Å². The number of nitrogens with one attached hydrogen (secondary N) is 1. The Hall–Kier alpha value is -0.790. The van der Waals surface area contributed by atoms with Crippen LogP contribution >= 0.6 is 0 Å². The van der Waals surface area contributed by atoms with Crippen molar-refractivity contribution in [3.63, 3.8) is 0 Å². The molecule has 2 nitrogen and oxygen atoms in total. The van der Waals surface area contributed by atoms with Crippen LogP contribution in [-0.4, -0.2) is 4.98 Å². The molecule has 1 heterocycles. The number of hydrogen-bond acceptors (Lipinski definition) is 0. The van der Waals surface area contributed by atoms with Crippen molar-refractivity contribution in [3.8, 4) is 0 Å². The van der Waals surface area contributed by atoms with Gasteiger partial charge in [0.25, 0.3) is 0 Å². The molecule has 1 rings (SSSR count). The molecule has 0 radical (unpaired) electrons. The summed E-state index contributed by atoms with van der Waals surface area (Å²) in [6.07, 6.45) is 8.50. The van der Waals surface area contributed by atoms with Crippen molar-refractivity contribution in [2.75, 3.05) is 0 Å². The van der Waals surface area contributed by atoms with E-state index in [9.17, 15) is 0 Å². The molecule has 1 aromatic heterocycles. The Morgan fingerprint density at radius 3 is 2.80 bits per heavy atom. The third kappa shape index (κ3) is 2.67. The Kier molecular flexibility index (Phi) is 4.63. The minimum atomic E-state index is 0. The van der Waals surface area contributed by atoms with Crippen molar-refractivity contribution in [1.29, 1.82) is 0 Å². The van der Waals surface area contributed by atoms with Crippen molar-refractivity contribution in [1.82, 2.24) is 4.98 Å². The lowest BCUT2D eigenvalue weighted by Crippen LogP contribution is -2.29. The van der Waals surface area contributed by atoms with Crippen LogP contribution in [-0.2, 0) is 6.54 Å². The number of nitrogens with zero attached hydrogens (tertiary/aromatic N) is 1. The van der Waals surface area contributed by atoms with Crippen LogP contribution in [0.1, 0.15) is 27.2 Å². The van der Waals surface area contributed by atoms with E-state index in [0.717, 1.165) is 6.54 Å². The van der Waals surface area contributed by atoms with Gasteiger partial charge in [-0.15, -0.1) is 0 Å². The van der Waals surface area contributed by atoms with E-state index in [-0.39, 0.29) is 7.43 Å². The minimum absolute atomic E-state index is 0. The fraction of sp³-hybridized carbons (Fsp3) is 0.625. The predicted molar refractivity (Wildman–Crippen MR) is 42.6 cm³/mol. The van der Waals surface area contributed by atoms with Gasteiger partial charge in [0.15, 0.2) is 0 Å². The van der Waals surface area contributed by atoms with E-state index in [1.54, 1.807) is 0 Å². The molecular formula is C8H17N2+. The molecule has 0 bridgehead atoms. The Morgan fingerprint density at radius 2 is 2.30 bits per heavy atom. The third-order valence-electron chi connectivity index (χ3n) is 1.37. The zero-order chi connectivity index (χ0) is 6.53. The standard InChI is InChI=1S/C7H12N2.CH4/c1-2-3-5-9-6-4-8-7-9;/h4,6-7H,2-3,5H2,1H3;1H4/p+1. The summed E-state index contributed by atoms with van der Waals surface area (Å²) < 4.78 is 2.16. The van der Waals surface area contributed by atoms with Crippen LogP contribution in [0.5, 0.6) is 0 Å². The van der Waals surface area contributed by atoms with E-state index in [0.29, 0.717) is 0 Å². The van der Waals surface area contributed by atoms with Crippen molar-refractivity contribution in [3.05, 3.63) is 18.7 Å². The van der Waals surface area contributed by atoms with E-state index in [1.807, 2.05) is 12.5 Å². The molecule has 0 unspecified atom stereocenters. The fourth-order valence-electron chi connectivity index (χ4n) is 0.800. The van der Waals surface area contributed by atoms with Crippen molar-refractivity contribution >= 4 is 0 Å². The van der Waals surface area contributed by atoms with E-state index >= 15 is 0 Å². The second-order valence-electron chi connectivity index (χ2n) is 2.20. The summed E-state index contributed by atoms with van der Waals surface area (Å²) in [6.45, 7) is 3.34. The topological polar surface area (TPSA) is 19.7 Å². The first kappa shape index (κ1) is 9.21. The summed E-state index contributed by atoms with van der Waals surface area (Å²) >= 11 is 0. The minimum Gasteiger partial charge on any atom is -0.250 e. The molecule has 10 heavy (non-hydrogen) atoms. The average Bonchev–Trinajstić information content (AvgIpc) is 2.34. The first-order valence-corrected chi connectivity index (χ1v) is 3.45. The van der Waals surface area contributed by atoms with Gasteiger partial charge >= 0.3 is 0 Å². The van der Waals surface area contributed by atoms with Gasteiger partial charge in [0.05, 0.1) is 6.54 Å². The van der Waals surface area contributed by atoms with Gasteiger partial charge in [0.2, 0.25) is 6.33 Å². The summed E-state index contributed by atoms with van der Waals surface area (Å²) in [5, 5.41) is 0. The monoisotopic (exact) mass is 141 g/mol. The summed E-state index contributed by atoms with van der Waals surface area (Å²) in [6, 6.07) is 0. The highest BCUT2D eigenvalue weighted by Gasteiger charge is 1.92. The van der Waals surface area contributed by atoms with Crippen LogP contribution < -0.4 is 4.57 Å². The van der Waals surface area contributed by atoms with Crippen LogP contribution in [0.4, 0.5) is 0 Å². The zero-order valence-electron chi connectivity index (χ0n) is 5.80. The zero-order valence-corrected chi connectivity index (χ0v) is 5.80. The molecule has 1 N–H and O–H groups in total. The van der Waals surface area contributed by atoms with E-state index in [1.165, 1.54) is 12.8 Å². The normalized spacial score (nSPS) is 8.90. The van der Waals surface area contributed by atoms with Gasteiger partial charge in [-0.3, -0.25) is 4.98 Å². The Labute approximate surface area is 62.9 Å². The number of aromatic nitrogens is 2. The smallest absolute Gasteiger partial charge is 0.241 e. The molecule has 0 saturated heterocycles. The Bertz CT molecular complexity index is 144. The maximum Gasteiger partial charge on any atom is 0.241 e. The van der Waals surface area contributed by atoms with Crippen LogP contribution in [0.2, 0.25) is 0 Å². The first-order valence-electron chi connectivity index (χ1n) is 3.45. The van der Waals surface area contributed by atoms with Gasteiger partial charge in [-0.2, -0.15) is 0 Å². The second kappa shape index (κ2) is 5.03. The van der Waals surface area contributed by atoms with Crippen molar-refractivity contribution in [2.24, 2.45) is 0 Å². The highest BCUT2D eigenvalue weighted by molar-refractivity contribution is 4.55. The number of imidazole rings is 1. The molecule has 0 aliphatic heterocycles. The molecule has 0 spiro atoms. The Balaban J connectivity index is 0.000000810. The largest absolute Gasteiger partial charge is 0.250 e. The highest BCUT2D eigenvalue weighted by Crippen LogP contribution is 1.84. The van der Waals surface area contributed by atoms with Gasteiger partial charge in [-0.1, -0.05) is 20.8 Å².